The molecule has 3 aromatic rings. The SMILES string of the molecule is COc1cccc(/C=N\NC(=O)c2cccc(Br)c2)c1OCc1ccc(Br)cc1. The van der Waals surface area contributed by atoms with Crippen LogP contribution in [-0.4, -0.2) is 19.2 Å². The molecule has 7 heteroatoms. The lowest BCUT2D eigenvalue weighted by molar-refractivity contribution is 0.0955. The molecule has 0 aliphatic rings. The zero-order valence-corrected chi connectivity index (χ0v) is 18.7. The molecule has 0 aliphatic heterocycles. The second-order valence-electron chi connectivity index (χ2n) is 6.00. The van der Waals surface area contributed by atoms with Crippen molar-refractivity contribution in [2.24, 2.45) is 5.10 Å². The maximum absolute atomic E-state index is 12.2. The lowest BCUT2D eigenvalue weighted by Gasteiger charge is -2.13. The van der Waals surface area contributed by atoms with Gasteiger partial charge in [-0.05, 0) is 48.0 Å². The lowest BCUT2D eigenvalue weighted by Crippen LogP contribution is -2.17. The Labute approximate surface area is 186 Å². The van der Waals surface area contributed by atoms with Crippen LogP contribution in [-0.2, 0) is 6.61 Å². The highest BCUT2D eigenvalue weighted by Gasteiger charge is 2.10. The van der Waals surface area contributed by atoms with Crippen LogP contribution in [0.1, 0.15) is 21.5 Å². The number of carbonyl (C=O) groups excluding carboxylic acids is 1. The molecule has 1 N–H and O–H groups in total. The van der Waals surface area contributed by atoms with E-state index in [0.717, 1.165) is 14.5 Å². The van der Waals surface area contributed by atoms with Crippen LogP contribution >= 0.6 is 31.9 Å². The molecule has 0 radical (unpaired) electrons. The van der Waals surface area contributed by atoms with Crippen LogP contribution < -0.4 is 14.9 Å². The Morgan fingerprint density at radius 3 is 2.52 bits per heavy atom. The molecule has 0 atom stereocenters. The molecule has 0 heterocycles. The van der Waals surface area contributed by atoms with E-state index in [2.05, 4.69) is 42.4 Å². The third-order valence-corrected chi connectivity index (χ3v) is 5.00. The van der Waals surface area contributed by atoms with Crippen molar-refractivity contribution >= 4 is 44.0 Å². The maximum atomic E-state index is 12.2. The van der Waals surface area contributed by atoms with Gasteiger partial charge in [-0.3, -0.25) is 4.79 Å². The van der Waals surface area contributed by atoms with Gasteiger partial charge in [0.05, 0.1) is 13.3 Å². The maximum Gasteiger partial charge on any atom is 0.271 e. The minimum Gasteiger partial charge on any atom is -0.493 e. The minimum absolute atomic E-state index is 0.303. The second-order valence-corrected chi connectivity index (χ2v) is 7.83. The standard InChI is InChI=1S/C22H18Br2N2O3/c1-28-20-7-3-5-17(21(20)29-14-15-8-10-18(23)11-9-15)13-25-26-22(27)16-4-2-6-19(24)12-16/h2-13H,14H2,1H3,(H,26,27)/b25-13-. The van der Waals surface area contributed by atoms with Gasteiger partial charge in [0.25, 0.3) is 5.91 Å². The molecule has 3 aromatic carbocycles. The number of methoxy groups -OCH3 is 1. The molecule has 0 unspecified atom stereocenters. The highest BCUT2D eigenvalue weighted by atomic mass is 79.9. The normalized spacial score (nSPS) is 10.7. The van der Waals surface area contributed by atoms with Gasteiger partial charge in [-0.1, -0.05) is 56.1 Å². The summed E-state index contributed by atoms with van der Waals surface area (Å²) in [5, 5.41) is 4.07. The molecule has 5 nitrogen and oxygen atoms in total. The Hall–Kier alpha value is -2.64. The number of rotatable bonds is 7. The van der Waals surface area contributed by atoms with Gasteiger partial charge in [-0.15, -0.1) is 0 Å². The number of halogens is 2. The van der Waals surface area contributed by atoms with Gasteiger partial charge >= 0.3 is 0 Å². The van der Waals surface area contributed by atoms with Crippen molar-refractivity contribution in [3.05, 3.63) is 92.4 Å². The van der Waals surface area contributed by atoms with E-state index in [9.17, 15) is 4.79 Å². The van der Waals surface area contributed by atoms with Crippen molar-refractivity contribution in [2.45, 2.75) is 6.61 Å². The lowest BCUT2D eigenvalue weighted by atomic mass is 10.2. The number of hydrazone groups is 1. The average Bonchev–Trinajstić information content (AvgIpc) is 2.73. The zero-order valence-electron chi connectivity index (χ0n) is 15.6. The molecule has 0 fully saturated rings. The van der Waals surface area contributed by atoms with Gasteiger partial charge in [-0.25, -0.2) is 5.43 Å². The van der Waals surface area contributed by atoms with Crippen LogP contribution in [0.25, 0.3) is 0 Å². The van der Waals surface area contributed by atoms with E-state index in [-0.39, 0.29) is 5.91 Å². The minimum atomic E-state index is -0.303. The number of ether oxygens (including phenoxy) is 2. The second kappa shape index (κ2) is 10.2. The van der Waals surface area contributed by atoms with Gasteiger partial charge in [-0.2, -0.15) is 5.10 Å². The van der Waals surface area contributed by atoms with Gasteiger partial charge in [0, 0.05) is 20.1 Å². The summed E-state index contributed by atoms with van der Waals surface area (Å²) in [5.74, 6) is 0.838. The van der Waals surface area contributed by atoms with Crippen molar-refractivity contribution in [2.75, 3.05) is 7.11 Å². The van der Waals surface area contributed by atoms with Crippen molar-refractivity contribution in [3.63, 3.8) is 0 Å². The van der Waals surface area contributed by atoms with Crippen LogP contribution in [0.2, 0.25) is 0 Å². The third kappa shape index (κ3) is 5.92. The van der Waals surface area contributed by atoms with Crippen LogP contribution in [0.4, 0.5) is 0 Å². The van der Waals surface area contributed by atoms with Crippen molar-refractivity contribution in [1.29, 1.82) is 0 Å². The van der Waals surface area contributed by atoms with E-state index >= 15 is 0 Å². The van der Waals surface area contributed by atoms with Gasteiger partial charge < -0.3 is 9.47 Å². The molecule has 0 bridgehead atoms. The number of benzene rings is 3. The van der Waals surface area contributed by atoms with E-state index in [1.807, 2.05) is 48.5 Å². The Morgan fingerprint density at radius 1 is 1.03 bits per heavy atom. The number of nitrogens with zero attached hydrogens (tertiary/aromatic N) is 1. The first-order valence-corrected chi connectivity index (χ1v) is 10.3. The van der Waals surface area contributed by atoms with E-state index in [1.54, 1.807) is 25.3 Å². The summed E-state index contributed by atoms with van der Waals surface area (Å²) >= 11 is 6.77. The number of hydrogen-bond acceptors (Lipinski definition) is 4. The van der Waals surface area contributed by atoms with Gasteiger partial charge in [0.2, 0.25) is 0 Å². The fourth-order valence-electron chi connectivity index (χ4n) is 2.54. The van der Waals surface area contributed by atoms with Crippen LogP contribution in [0.15, 0.2) is 80.8 Å². The molecule has 0 aliphatic carbocycles. The highest BCUT2D eigenvalue weighted by Crippen LogP contribution is 2.31. The van der Waals surface area contributed by atoms with Gasteiger partial charge in [0.1, 0.15) is 6.61 Å². The first-order chi connectivity index (χ1) is 14.1. The topological polar surface area (TPSA) is 59.9 Å². The number of hydrogen-bond donors (Lipinski definition) is 1. The summed E-state index contributed by atoms with van der Waals surface area (Å²) in [4.78, 5) is 12.2. The third-order valence-electron chi connectivity index (χ3n) is 3.98. The first-order valence-electron chi connectivity index (χ1n) is 8.70. The van der Waals surface area contributed by atoms with Crippen molar-refractivity contribution in [1.82, 2.24) is 5.43 Å². The fourth-order valence-corrected chi connectivity index (χ4v) is 3.20. The first kappa shape index (κ1) is 21.1. The molecule has 3 rings (SSSR count). The molecule has 148 valence electrons. The summed E-state index contributed by atoms with van der Waals surface area (Å²) in [6, 6.07) is 20.4. The molecule has 1 amide bonds. The van der Waals surface area contributed by atoms with Gasteiger partial charge in [0.15, 0.2) is 11.5 Å². The predicted octanol–water partition coefficient (Wildman–Crippen LogP) is 5.56. The predicted molar refractivity (Wildman–Crippen MR) is 121 cm³/mol. The summed E-state index contributed by atoms with van der Waals surface area (Å²) in [5.41, 5.74) is 4.74. The Kier molecular flexibility index (Phi) is 7.43. The smallest absolute Gasteiger partial charge is 0.271 e. The molecule has 29 heavy (non-hydrogen) atoms. The summed E-state index contributed by atoms with van der Waals surface area (Å²) in [7, 11) is 1.58. The molecule has 0 saturated carbocycles. The zero-order chi connectivity index (χ0) is 20.6. The molecule has 0 aromatic heterocycles. The highest BCUT2D eigenvalue weighted by molar-refractivity contribution is 9.10. The van der Waals surface area contributed by atoms with Crippen LogP contribution in [0.5, 0.6) is 11.5 Å². The van der Waals surface area contributed by atoms with E-state index in [4.69, 9.17) is 9.47 Å². The van der Waals surface area contributed by atoms with Crippen molar-refractivity contribution < 1.29 is 14.3 Å². The van der Waals surface area contributed by atoms with E-state index in [0.29, 0.717) is 29.2 Å². The summed E-state index contributed by atoms with van der Waals surface area (Å²) < 4.78 is 13.2. The summed E-state index contributed by atoms with van der Waals surface area (Å²) in [6.45, 7) is 0.374. The fraction of sp³-hybridized carbons (Fsp3) is 0.0909. The molecule has 0 saturated heterocycles. The number of carbonyl (C=O) groups is 1. The number of para-hydroxylation sites is 1. The quantitative estimate of drug-likeness (QED) is 0.329. The summed E-state index contributed by atoms with van der Waals surface area (Å²) in [6.07, 6.45) is 1.54. The van der Waals surface area contributed by atoms with Crippen molar-refractivity contribution in [3.8, 4) is 11.5 Å². The Morgan fingerprint density at radius 2 is 1.79 bits per heavy atom. The Bertz CT molecular complexity index is 1020. The molecular formula is C22H18Br2N2O3. The van der Waals surface area contributed by atoms with E-state index in [1.165, 1.54) is 6.21 Å². The average molecular weight is 518 g/mol. The largest absolute Gasteiger partial charge is 0.493 e. The molecule has 0 spiro atoms. The van der Waals surface area contributed by atoms with Crippen LogP contribution in [0.3, 0.4) is 0 Å². The van der Waals surface area contributed by atoms with E-state index < -0.39 is 0 Å². The number of nitrogens with one attached hydrogen (secondary N) is 1. The van der Waals surface area contributed by atoms with Crippen LogP contribution in [0, 0.1) is 0 Å². The monoisotopic (exact) mass is 516 g/mol. The number of amides is 1. The Balaban J connectivity index is 1.73. The molecular weight excluding hydrogens is 500 g/mol.